The van der Waals surface area contributed by atoms with Crippen molar-refractivity contribution in [3.8, 4) is 55.6 Å². The Morgan fingerprint density at radius 1 is 0.197 bits per heavy atom. The van der Waals surface area contributed by atoms with E-state index in [0.717, 1.165) is 17.1 Å². The van der Waals surface area contributed by atoms with E-state index in [9.17, 15) is 0 Å². The summed E-state index contributed by atoms with van der Waals surface area (Å²) < 4.78 is 0. The van der Waals surface area contributed by atoms with Crippen molar-refractivity contribution in [3.05, 3.63) is 249 Å². The van der Waals surface area contributed by atoms with E-state index in [0.29, 0.717) is 0 Å². The van der Waals surface area contributed by atoms with E-state index in [2.05, 4.69) is 254 Å². The Bertz CT molecular complexity index is 3340. The largest absolute Gasteiger partial charge is 0.310 e. The van der Waals surface area contributed by atoms with Crippen molar-refractivity contribution in [3.63, 3.8) is 0 Å². The smallest absolute Gasteiger partial charge is 0.0468 e. The molecule has 0 saturated carbocycles. The lowest BCUT2D eigenvalue weighted by Gasteiger charge is -2.26. The molecule has 1 nitrogen and oxygen atoms in total. The van der Waals surface area contributed by atoms with Gasteiger partial charge < -0.3 is 4.90 Å². The average Bonchev–Trinajstić information content (AvgIpc) is 3.34. The first-order chi connectivity index (χ1) is 30.2. The highest BCUT2D eigenvalue weighted by Gasteiger charge is 2.18. The highest BCUT2D eigenvalue weighted by molar-refractivity contribution is 6.08. The van der Waals surface area contributed by atoms with Crippen LogP contribution >= 0.6 is 0 Å². The lowest BCUT2D eigenvalue weighted by Crippen LogP contribution is -2.09. The molecule has 61 heavy (non-hydrogen) atoms. The molecule has 0 heterocycles. The molecule has 11 rings (SSSR count). The standard InChI is InChI=1S/C60H41N/c1-2-15-44(16-3-1)54-20-8-10-22-57(54)59-24-12-13-25-60(59)58-23-11-9-21-55(58)46-32-36-51(37-33-46)61(52-38-39-56-49(41-52)29-27-45-17-6-7-19-53(45)56)50-34-30-43(31-35-50)48-28-26-42-14-4-5-18-47(42)40-48/h1-41H. The van der Waals surface area contributed by atoms with Crippen LogP contribution in [0.4, 0.5) is 17.1 Å². The number of hydrogen-bond acceptors (Lipinski definition) is 1. The van der Waals surface area contributed by atoms with E-state index in [1.54, 1.807) is 0 Å². The van der Waals surface area contributed by atoms with Gasteiger partial charge in [0, 0.05) is 17.1 Å². The predicted octanol–water partition coefficient (Wildman–Crippen LogP) is 17.0. The van der Waals surface area contributed by atoms with Gasteiger partial charge in [-0.3, -0.25) is 0 Å². The van der Waals surface area contributed by atoms with Crippen LogP contribution in [0, 0.1) is 0 Å². The number of rotatable bonds is 8. The molecule has 1 heteroatoms. The second-order valence-electron chi connectivity index (χ2n) is 15.7. The molecule has 286 valence electrons. The molecular formula is C60H41N. The summed E-state index contributed by atoms with van der Waals surface area (Å²) in [6.45, 7) is 0. The van der Waals surface area contributed by atoms with Gasteiger partial charge in [0.15, 0.2) is 0 Å². The maximum Gasteiger partial charge on any atom is 0.0468 e. The Morgan fingerprint density at radius 2 is 0.607 bits per heavy atom. The number of anilines is 3. The van der Waals surface area contributed by atoms with E-state index >= 15 is 0 Å². The fourth-order valence-corrected chi connectivity index (χ4v) is 9.06. The first-order valence-electron chi connectivity index (χ1n) is 21.0. The molecule has 0 atom stereocenters. The third-order valence-electron chi connectivity index (χ3n) is 12.1. The van der Waals surface area contributed by atoms with Gasteiger partial charge in [0.2, 0.25) is 0 Å². The van der Waals surface area contributed by atoms with Crippen molar-refractivity contribution < 1.29 is 0 Å². The van der Waals surface area contributed by atoms with Crippen LogP contribution in [0.25, 0.3) is 88.0 Å². The minimum atomic E-state index is 1.09. The second kappa shape index (κ2) is 15.6. The van der Waals surface area contributed by atoms with Crippen molar-refractivity contribution in [1.82, 2.24) is 0 Å². The summed E-state index contributed by atoms with van der Waals surface area (Å²) in [6, 6.07) is 90.4. The van der Waals surface area contributed by atoms with Crippen molar-refractivity contribution in [2.45, 2.75) is 0 Å². The first-order valence-corrected chi connectivity index (χ1v) is 21.0. The van der Waals surface area contributed by atoms with Gasteiger partial charge in [-0.15, -0.1) is 0 Å². The third kappa shape index (κ3) is 6.83. The lowest BCUT2D eigenvalue weighted by molar-refractivity contribution is 1.29. The van der Waals surface area contributed by atoms with Crippen molar-refractivity contribution >= 4 is 49.4 Å². The fraction of sp³-hybridized carbons (Fsp3) is 0. The SMILES string of the molecule is c1ccc(-c2ccccc2-c2ccccc2-c2ccccc2-c2ccc(N(c3ccc(-c4ccc5ccccc5c4)cc3)c3ccc4c(ccc5ccccc54)c3)cc2)cc1. The van der Waals surface area contributed by atoms with E-state index in [-0.39, 0.29) is 0 Å². The van der Waals surface area contributed by atoms with Crippen LogP contribution in [0.2, 0.25) is 0 Å². The molecule has 0 spiro atoms. The zero-order valence-corrected chi connectivity index (χ0v) is 33.6. The zero-order chi connectivity index (χ0) is 40.5. The minimum Gasteiger partial charge on any atom is -0.310 e. The second-order valence-corrected chi connectivity index (χ2v) is 15.7. The molecule has 0 fully saturated rings. The van der Waals surface area contributed by atoms with Crippen LogP contribution in [0.1, 0.15) is 0 Å². The van der Waals surface area contributed by atoms with Crippen LogP contribution in [0.15, 0.2) is 249 Å². The molecule has 0 bridgehead atoms. The van der Waals surface area contributed by atoms with Gasteiger partial charge in [0.1, 0.15) is 0 Å². The van der Waals surface area contributed by atoms with Crippen LogP contribution in [0.3, 0.4) is 0 Å². The van der Waals surface area contributed by atoms with Crippen molar-refractivity contribution in [2.24, 2.45) is 0 Å². The van der Waals surface area contributed by atoms with Gasteiger partial charge in [-0.05, 0) is 130 Å². The van der Waals surface area contributed by atoms with Crippen molar-refractivity contribution in [2.75, 3.05) is 4.90 Å². The molecule has 0 N–H and O–H groups in total. The van der Waals surface area contributed by atoms with E-state index in [1.807, 2.05) is 0 Å². The quantitative estimate of drug-likeness (QED) is 0.139. The topological polar surface area (TPSA) is 3.24 Å². The molecule has 0 saturated heterocycles. The highest BCUT2D eigenvalue weighted by atomic mass is 15.1. The average molecular weight is 776 g/mol. The molecule has 0 aliphatic carbocycles. The highest BCUT2D eigenvalue weighted by Crippen LogP contribution is 2.43. The molecule has 0 aromatic heterocycles. The van der Waals surface area contributed by atoms with E-state index in [1.165, 1.54) is 88.0 Å². The van der Waals surface area contributed by atoms with Gasteiger partial charge in [0.25, 0.3) is 0 Å². The predicted molar refractivity (Wildman–Crippen MR) is 261 cm³/mol. The summed E-state index contributed by atoms with van der Waals surface area (Å²) in [7, 11) is 0. The summed E-state index contributed by atoms with van der Waals surface area (Å²) in [4.78, 5) is 2.38. The molecule has 11 aromatic carbocycles. The Hall–Kier alpha value is -8.00. The number of fused-ring (bicyclic) bond motifs is 4. The fourth-order valence-electron chi connectivity index (χ4n) is 9.06. The summed E-state index contributed by atoms with van der Waals surface area (Å²) >= 11 is 0. The Morgan fingerprint density at radius 3 is 1.25 bits per heavy atom. The van der Waals surface area contributed by atoms with Gasteiger partial charge in [0.05, 0.1) is 0 Å². The zero-order valence-electron chi connectivity index (χ0n) is 33.6. The molecule has 0 radical (unpaired) electrons. The monoisotopic (exact) mass is 775 g/mol. The van der Waals surface area contributed by atoms with Gasteiger partial charge in [-0.1, -0.05) is 206 Å². The molecule has 11 aromatic rings. The molecular weight excluding hydrogens is 735 g/mol. The molecule has 0 aliphatic rings. The molecule has 0 amide bonds. The maximum absolute atomic E-state index is 2.38. The van der Waals surface area contributed by atoms with Crippen LogP contribution in [0.5, 0.6) is 0 Å². The van der Waals surface area contributed by atoms with E-state index < -0.39 is 0 Å². The third-order valence-corrected chi connectivity index (χ3v) is 12.1. The number of hydrogen-bond donors (Lipinski definition) is 0. The van der Waals surface area contributed by atoms with Crippen LogP contribution < -0.4 is 4.90 Å². The minimum absolute atomic E-state index is 1.09. The summed E-state index contributed by atoms with van der Waals surface area (Å²) in [5, 5.41) is 7.49. The Labute approximate surface area is 357 Å². The van der Waals surface area contributed by atoms with Gasteiger partial charge >= 0.3 is 0 Å². The Balaban J connectivity index is 0.998. The van der Waals surface area contributed by atoms with Crippen LogP contribution in [-0.4, -0.2) is 0 Å². The normalized spacial score (nSPS) is 11.3. The molecule has 0 unspecified atom stereocenters. The van der Waals surface area contributed by atoms with Crippen molar-refractivity contribution in [1.29, 1.82) is 0 Å². The summed E-state index contributed by atoms with van der Waals surface area (Å²) in [5.41, 5.74) is 15.4. The van der Waals surface area contributed by atoms with Gasteiger partial charge in [-0.25, -0.2) is 0 Å². The number of nitrogens with zero attached hydrogens (tertiary/aromatic N) is 1. The van der Waals surface area contributed by atoms with Gasteiger partial charge in [-0.2, -0.15) is 0 Å². The van der Waals surface area contributed by atoms with E-state index in [4.69, 9.17) is 0 Å². The van der Waals surface area contributed by atoms with Crippen LogP contribution in [-0.2, 0) is 0 Å². The maximum atomic E-state index is 2.38. The Kier molecular flexibility index (Phi) is 9.26. The summed E-state index contributed by atoms with van der Waals surface area (Å²) in [5.74, 6) is 0. The summed E-state index contributed by atoms with van der Waals surface area (Å²) in [6.07, 6.45) is 0. The molecule has 0 aliphatic heterocycles. The lowest BCUT2D eigenvalue weighted by atomic mass is 9.87. The first kappa shape index (κ1) is 36.1. The number of benzene rings is 11.